The summed E-state index contributed by atoms with van der Waals surface area (Å²) >= 11 is 2.73. The minimum Gasteiger partial charge on any atom is -0.488 e. The van der Waals surface area contributed by atoms with Gasteiger partial charge in [-0.25, -0.2) is 14.0 Å². The van der Waals surface area contributed by atoms with Gasteiger partial charge in [0.15, 0.2) is 10.3 Å². The molecular formula is C56H71FN6O14S2. The van der Waals surface area contributed by atoms with Crippen molar-refractivity contribution in [3.63, 3.8) is 0 Å². The third-order valence-electron chi connectivity index (χ3n) is 12.7. The number of non-ortho nitro benzene ring substituents is 2. The molecule has 8 rings (SSSR count). The Bertz CT molecular complexity index is 2730. The van der Waals surface area contributed by atoms with E-state index < -0.39 is 56.7 Å². The summed E-state index contributed by atoms with van der Waals surface area (Å²) in [6, 6.07) is 29.6. The smallest absolute Gasteiger partial charge is 0.416 e. The van der Waals surface area contributed by atoms with Gasteiger partial charge in [0, 0.05) is 50.2 Å². The Kier molecular flexibility index (Phi) is 21.4. The number of ether oxygens (including phenoxy) is 7. The molecule has 2 fully saturated rings. The van der Waals surface area contributed by atoms with E-state index in [1.807, 2.05) is 123 Å². The average molecular weight is 1140 g/mol. The van der Waals surface area contributed by atoms with E-state index in [0.717, 1.165) is 35.4 Å². The molecule has 20 nitrogen and oxygen atoms in total. The maximum atomic E-state index is 12.7. The summed E-state index contributed by atoms with van der Waals surface area (Å²) in [5, 5.41) is 32.3. The third kappa shape index (κ3) is 17.4. The minimum absolute atomic E-state index is 0.00403. The Labute approximate surface area is 468 Å². The standard InChI is InChI=1S/C28H35N3O7S.C22H32N2O5S.C6H4FNO2/c1-17-23(18(2)36-21-14-12-20(13-15-21)31(33)34)37-25-22(24(17)35-16-19-10-8-7-9-11-19)29-26(39-25)30(6)27(32)38-28(3,4)5;1-13-17(14(2)25)28-19-16(18(13)27-12-15-10-8-7-9-11-15)23-20(30-19)24(6)21(26)29-22(3,4)5;7-5-1-3-6(4-2-5)8(9)10/h7-15,17-18,22-25H,16H2,1-6H3;7-11,13-14,16-19,25H,12H2,1-6H3;1-4H/t17-,18?,22-,23+,24+,25-;13-,14?,16-,17+,18+,19-;/m11./s1. The molecule has 0 aliphatic carbocycles. The van der Waals surface area contributed by atoms with Crippen molar-refractivity contribution >= 4 is 57.4 Å². The van der Waals surface area contributed by atoms with Gasteiger partial charge < -0.3 is 38.3 Å². The number of nitrogens with zero attached hydrogens (tertiary/aromatic N) is 6. The van der Waals surface area contributed by atoms with Crippen LogP contribution in [0.3, 0.4) is 0 Å². The van der Waals surface area contributed by atoms with Crippen molar-refractivity contribution in [2.45, 2.75) is 153 Å². The van der Waals surface area contributed by atoms with Crippen molar-refractivity contribution in [2.75, 3.05) is 14.1 Å². The van der Waals surface area contributed by atoms with Crippen molar-refractivity contribution in [1.29, 1.82) is 0 Å². The number of rotatable bonds is 12. The predicted molar refractivity (Wildman–Crippen MR) is 299 cm³/mol. The fourth-order valence-corrected chi connectivity index (χ4v) is 11.1. The van der Waals surface area contributed by atoms with Crippen molar-refractivity contribution in [2.24, 2.45) is 21.8 Å². The molecule has 0 saturated carbocycles. The quantitative estimate of drug-likeness (QED) is 0.103. The second-order valence-corrected chi connectivity index (χ2v) is 23.5. The summed E-state index contributed by atoms with van der Waals surface area (Å²) in [6.07, 6.45) is -3.29. The SMILES string of the molecule is CC(O)[C@H]1O[C@@H]2SC(N(C)C(=O)OC(C)(C)C)=N[C@@H]2[C@@H](OCc2ccccc2)[C@@H]1C.CC(Oc1ccc([N+](=O)[O-])cc1)[C@H]1O[C@@H]2SC(N(C)C(=O)OC(C)(C)C)=N[C@@H]2[C@@H](OCc2ccccc2)[C@@H]1C.O=[N+]([O-])c1ccc(F)cc1. The van der Waals surface area contributed by atoms with Crippen LogP contribution in [0.5, 0.6) is 5.75 Å². The van der Waals surface area contributed by atoms with Gasteiger partial charge in [-0.3, -0.25) is 40.0 Å². The van der Waals surface area contributed by atoms with Gasteiger partial charge in [0.25, 0.3) is 11.4 Å². The number of benzene rings is 4. The van der Waals surface area contributed by atoms with E-state index in [9.17, 15) is 39.3 Å². The number of halogens is 1. The Morgan fingerprint density at radius 3 is 1.42 bits per heavy atom. The van der Waals surface area contributed by atoms with Gasteiger partial charge in [-0.05, 0) is 90.8 Å². The molecular weight excluding hydrogens is 1060 g/mol. The van der Waals surface area contributed by atoms with Crippen LogP contribution in [0.15, 0.2) is 119 Å². The molecule has 2 saturated heterocycles. The van der Waals surface area contributed by atoms with E-state index >= 15 is 0 Å². The van der Waals surface area contributed by atoms with E-state index in [1.165, 1.54) is 45.5 Å². The van der Waals surface area contributed by atoms with Gasteiger partial charge in [-0.15, -0.1) is 0 Å². The normalized spacial score (nSPS) is 24.9. The number of thioether (sulfide) groups is 2. The first-order valence-corrected chi connectivity index (χ1v) is 27.5. The molecule has 0 bridgehead atoms. The Morgan fingerprint density at radius 1 is 0.658 bits per heavy atom. The second kappa shape index (κ2) is 27.3. The number of aliphatic imine (C=N–C) groups is 2. The van der Waals surface area contributed by atoms with Crippen LogP contribution >= 0.6 is 23.5 Å². The van der Waals surface area contributed by atoms with Gasteiger partial charge in [0.1, 0.15) is 57.9 Å². The lowest BCUT2D eigenvalue weighted by Crippen LogP contribution is -2.55. The number of amidine groups is 2. The van der Waals surface area contributed by atoms with Gasteiger partial charge in [-0.1, -0.05) is 98.0 Å². The molecule has 2 unspecified atom stereocenters. The van der Waals surface area contributed by atoms with E-state index in [1.54, 1.807) is 33.2 Å². The Balaban J connectivity index is 0.000000222. The van der Waals surface area contributed by atoms with Crippen LogP contribution < -0.4 is 4.74 Å². The van der Waals surface area contributed by atoms with Crippen molar-refractivity contribution in [3.8, 4) is 5.75 Å². The summed E-state index contributed by atoms with van der Waals surface area (Å²) in [4.78, 5) is 57.6. The number of carbonyl (C=O) groups excluding carboxylic acids is 2. The minimum atomic E-state index is -0.642. The van der Waals surface area contributed by atoms with Crippen molar-refractivity contribution < 1.29 is 62.1 Å². The molecule has 23 heteroatoms. The first-order valence-electron chi connectivity index (χ1n) is 25.7. The molecule has 4 aliphatic rings. The molecule has 0 spiro atoms. The number of aliphatic hydroxyl groups excluding tert-OH is 1. The van der Waals surface area contributed by atoms with E-state index in [-0.39, 0.29) is 65.1 Å². The number of nitro benzene ring substituents is 2. The highest BCUT2D eigenvalue weighted by atomic mass is 32.2. The largest absolute Gasteiger partial charge is 0.488 e. The molecule has 1 N–H and O–H groups in total. The predicted octanol–water partition coefficient (Wildman–Crippen LogP) is 11.0. The zero-order chi connectivity index (χ0) is 57.9. The zero-order valence-electron chi connectivity index (χ0n) is 46.4. The van der Waals surface area contributed by atoms with Gasteiger partial charge >= 0.3 is 12.2 Å². The molecule has 79 heavy (non-hydrogen) atoms. The zero-order valence-corrected chi connectivity index (χ0v) is 48.0. The van der Waals surface area contributed by atoms with Crippen LogP contribution in [0.25, 0.3) is 0 Å². The molecule has 4 aromatic rings. The number of hydrogen-bond acceptors (Lipinski definition) is 18. The average Bonchev–Trinajstić information content (AvgIpc) is 4.09. The van der Waals surface area contributed by atoms with E-state index in [4.69, 9.17) is 43.1 Å². The lowest BCUT2D eigenvalue weighted by molar-refractivity contribution is -0.385. The molecule has 4 aliphatic heterocycles. The summed E-state index contributed by atoms with van der Waals surface area (Å²) in [5.74, 6) is -0.136. The van der Waals surface area contributed by atoms with Crippen molar-refractivity contribution in [1.82, 2.24) is 9.80 Å². The molecule has 0 aromatic heterocycles. The highest BCUT2D eigenvalue weighted by Crippen LogP contribution is 2.44. The van der Waals surface area contributed by atoms with Crippen molar-refractivity contribution in [3.05, 3.63) is 146 Å². The molecule has 428 valence electrons. The Morgan fingerprint density at radius 2 is 1.04 bits per heavy atom. The van der Waals surface area contributed by atoms with E-state index in [2.05, 4.69) is 0 Å². The fourth-order valence-electron chi connectivity index (χ4n) is 8.78. The van der Waals surface area contributed by atoms with Crippen LogP contribution in [-0.2, 0) is 41.6 Å². The van der Waals surface area contributed by atoms with Gasteiger partial charge in [0.2, 0.25) is 0 Å². The number of fused-ring (bicyclic) bond motifs is 2. The molecule has 0 radical (unpaired) electrons. The fraction of sp³-hybridized carbons (Fsp3) is 0.500. The summed E-state index contributed by atoms with van der Waals surface area (Å²) in [7, 11) is 3.28. The van der Waals surface area contributed by atoms with Gasteiger partial charge in [-0.2, -0.15) is 0 Å². The monoisotopic (exact) mass is 1130 g/mol. The first kappa shape index (κ1) is 62.0. The maximum Gasteiger partial charge on any atom is 0.416 e. The third-order valence-corrected chi connectivity index (χ3v) is 15.1. The van der Waals surface area contributed by atoms with Crippen LogP contribution in [0, 0.1) is 37.9 Å². The summed E-state index contributed by atoms with van der Waals surface area (Å²) < 4.78 is 54.7. The number of aliphatic hydroxyl groups is 1. The second-order valence-electron chi connectivity index (χ2n) is 21.3. The molecule has 2 amide bonds. The highest BCUT2D eigenvalue weighted by Gasteiger charge is 2.52. The lowest BCUT2D eigenvalue weighted by atomic mass is 9.87. The number of hydrogen-bond donors (Lipinski definition) is 1. The molecule has 12 atom stereocenters. The summed E-state index contributed by atoms with van der Waals surface area (Å²) in [6.45, 7) is 19.5. The number of nitro groups is 2. The van der Waals surface area contributed by atoms with Gasteiger partial charge in [0.05, 0.1) is 47.5 Å². The van der Waals surface area contributed by atoms with Crippen LogP contribution in [-0.4, -0.2) is 132 Å². The van der Waals surface area contributed by atoms with E-state index in [0.29, 0.717) is 29.3 Å². The van der Waals surface area contributed by atoms with Crippen LogP contribution in [0.1, 0.15) is 80.4 Å². The highest BCUT2D eigenvalue weighted by molar-refractivity contribution is 8.14. The molecule has 4 heterocycles. The van der Waals surface area contributed by atoms with Crippen LogP contribution in [0.2, 0.25) is 0 Å². The summed E-state index contributed by atoms with van der Waals surface area (Å²) in [5.41, 5.74) is 0.0611. The number of amides is 2. The molecule has 4 aromatic carbocycles. The topological polar surface area (TPSA) is 236 Å². The number of carbonyl (C=O) groups is 2. The van der Waals surface area contributed by atoms with Crippen LogP contribution in [0.4, 0.5) is 25.4 Å². The maximum absolute atomic E-state index is 12.7. The Hall–Kier alpha value is -6.21. The first-order chi connectivity index (χ1) is 37.2. The lowest BCUT2D eigenvalue weighted by Gasteiger charge is -2.43.